The zero-order valence-electron chi connectivity index (χ0n) is 11.7. The number of nitriles is 1. The molecule has 0 saturated carbocycles. The number of nitrogens with zero attached hydrogens (tertiary/aromatic N) is 6. The summed E-state index contributed by atoms with van der Waals surface area (Å²) in [5.74, 6) is -1.70. The van der Waals surface area contributed by atoms with Crippen molar-refractivity contribution in [2.24, 2.45) is 10.9 Å². The number of imidazole rings is 1. The molecular formula is C12H13N7O4. The number of aromatic hydroxyl groups is 1. The molecule has 1 aliphatic rings. The molecule has 3 heterocycles. The van der Waals surface area contributed by atoms with Crippen LogP contribution in [0.25, 0.3) is 11.2 Å². The Morgan fingerprint density at radius 2 is 2.30 bits per heavy atom. The first-order chi connectivity index (χ1) is 11.0. The van der Waals surface area contributed by atoms with Gasteiger partial charge in [0.1, 0.15) is 12.0 Å². The van der Waals surface area contributed by atoms with Crippen molar-refractivity contribution in [3.8, 4) is 11.9 Å². The van der Waals surface area contributed by atoms with Gasteiger partial charge in [0, 0.05) is 0 Å². The third kappa shape index (κ3) is 2.00. The van der Waals surface area contributed by atoms with Crippen LogP contribution in [0.15, 0.2) is 11.3 Å². The van der Waals surface area contributed by atoms with Crippen LogP contribution in [0.4, 0.5) is 5.95 Å². The molecule has 2 aromatic rings. The molecule has 2 aromatic heterocycles. The fourth-order valence-electron chi connectivity index (χ4n) is 2.57. The highest BCUT2D eigenvalue weighted by Crippen LogP contribution is 2.43. The van der Waals surface area contributed by atoms with Crippen molar-refractivity contribution in [3.63, 3.8) is 0 Å². The van der Waals surface area contributed by atoms with Crippen molar-refractivity contribution in [2.45, 2.75) is 18.1 Å². The predicted molar refractivity (Wildman–Crippen MR) is 76.0 cm³/mol. The molecule has 0 aromatic carbocycles. The molecule has 3 rings (SSSR count). The molecule has 1 aliphatic heterocycles. The van der Waals surface area contributed by atoms with Crippen molar-refractivity contribution in [2.75, 3.05) is 12.3 Å². The van der Waals surface area contributed by atoms with Gasteiger partial charge >= 0.3 is 0 Å². The van der Waals surface area contributed by atoms with Crippen molar-refractivity contribution in [1.82, 2.24) is 19.5 Å². The van der Waals surface area contributed by atoms with E-state index in [1.807, 2.05) is 6.07 Å². The lowest BCUT2D eigenvalue weighted by Crippen LogP contribution is -2.42. The average molecular weight is 319 g/mol. The number of anilines is 1. The minimum atomic E-state index is -1.73. The molecule has 5 N–H and O–H groups in total. The lowest BCUT2D eigenvalue weighted by molar-refractivity contribution is -0.120. The molecule has 23 heavy (non-hydrogen) atoms. The predicted octanol–water partition coefficient (Wildman–Crippen LogP) is -1.47. The van der Waals surface area contributed by atoms with Crippen molar-refractivity contribution < 1.29 is 20.1 Å². The molecule has 0 spiro atoms. The van der Waals surface area contributed by atoms with Crippen molar-refractivity contribution in [3.05, 3.63) is 6.33 Å². The minimum Gasteiger partial charge on any atom is -0.492 e. The number of hydrogen-bond donors (Lipinski definition) is 4. The van der Waals surface area contributed by atoms with Gasteiger partial charge in [-0.05, 0) is 6.72 Å². The van der Waals surface area contributed by atoms with Crippen LogP contribution >= 0.6 is 0 Å². The fourth-order valence-corrected chi connectivity index (χ4v) is 2.57. The molecule has 0 unspecified atom stereocenters. The van der Waals surface area contributed by atoms with Gasteiger partial charge in [-0.15, -0.1) is 0 Å². The number of aliphatic hydroxyl groups is 2. The Bertz CT molecular complexity index is 816. The van der Waals surface area contributed by atoms with Gasteiger partial charge in [-0.25, -0.2) is 4.98 Å². The highest BCUT2D eigenvalue weighted by molar-refractivity contribution is 5.77. The number of nitrogen functional groups attached to an aromatic ring is 1. The molecule has 4 atom stereocenters. The molecule has 0 bridgehead atoms. The first kappa shape index (κ1) is 15.1. The normalized spacial score (nSPS) is 30.4. The highest BCUT2D eigenvalue weighted by Gasteiger charge is 2.55. The third-order valence-electron chi connectivity index (χ3n) is 3.77. The molecule has 0 radical (unpaired) electrons. The smallest absolute Gasteiger partial charge is 0.244 e. The van der Waals surface area contributed by atoms with Crippen molar-refractivity contribution >= 4 is 23.8 Å². The molecular weight excluding hydrogens is 306 g/mol. The van der Waals surface area contributed by atoms with Gasteiger partial charge in [0.15, 0.2) is 17.4 Å². The Kier molecular flexibility index (Phi) is 3.37. The van der Waals surface area contributed by atoms with Gasteiger partial charge in [0.2, 0.25) is 17.6 Å². The van der Waals surface area contributed by atoms with Gasteiger partial charge in [-0.2, -0.15) is 15.2 Å². The molecule has 120 valence electrons. The summed E-state index contributed by atoms with van der Waals surface area (Å²) in [6.07, 6.45) is -1.21. The molecule has 1 saturated heterocycles. The number of nitrogens with two attached hydrogens (primary N) is 1. The van der Waals surface area contributed by atoms with Crippen LogP contribution in [0.1, 0.15) is 6.23 Å². The summed E-state index contributed by atoms with van der Waals surface area (Å²) in [5, 5.41) is 38.8. The Morgan fingerprint density at radius 1 is 1.57 bits per heavy atom. The first-order valence-electron chi connectivity index (χ1n) is 6.50. The lowest BCUT2D eigenvalue weighted by atomic mass is 9.97. The lowest BCUT2D eigenvalue weighted by Gasteiger charge is -2.24. The summed E-state index contributed by atoms with van der Waals surface area (Å²) in [6.45, 7) is 2.63. The van der Waals surface area contributed by atoms with Gasteiger partial charge in [0.05, 0.1) is 19.0 Å². The Morgan fingerprint density at radius 3 is 2.91 bits per heavy atom. The summed E-state index contributed by atoms with van der Waals surface area (Å²) in [7, 11) is 0. The van der Waals surface area contributed by atoms with Crippen LogP contribution in [0.2, 0.25) is 0 Å². The van der Waals surface area contributed by atoms with Crippen LogP contribution in [0, 0.1) is 17.2 Å². The van der Waals surface area contributed by atoms with Crippen LogP contribution in [0.5, 0.6) is 5.88 Å². The summed E-state index contributed by atoms with van der Waals surface area (Å²) >= 11 is 0. The molecule has 11 heteroatoms. The average Bonchev–Trinajstić information content (AvgIpc) is 3.06. The van der Waals surface area contributed by atoms with Crippen LogP contribution in [0.3, 0.4) is 0 Å². The summed E-state index contributed by atoms with van der Waals surface area (Å²) < 4.78 is 6.90. The van der Waals surface area contributed by atoms with Crippen LogP contribution in [-0.4, -0.2) is 60.0 Å². The number of rotatable bonds is 3. The van der Waals surface area contributed by atoms with E-state index >= 15 is 0 Å². The number of fused-ring (bicyclic) bond motifs is 1. The second kappa shape index (κ2) is 5.13. The highest BCUT2D eigenvalue weighted by atomic mass is 16.6. The topological polar surface area (TPSA) is 176 Å². The zero-order valence-corrected chi connectivity index (χ0v) is 11.7. The van der Waals surface area contributed by atoms with Crippen LogP contribution in [-0.2, 0) is 4.74 Å². The number of aliphatic hydroxyl groups excluding tert-OH is 2. The monoisotopic (exact) mass is 319 g/mol. The van der Waals surface area contributed by atoms with Crippen molar-refractivity contribution in [1.29, 1.82) is 5.26 Å². The van der Waals surface area contributed by atoms with E-state index in [1.54, 1.807) is 0 Å². The molecule has 11 nitrogen and oxygen atoms in total. The van der Waals surface area contributed by atoms with E-state index in [-0.39, 0.29) is 17.1 Å². The Balaban J connectivity index is 2.15. The van der Waals surface area contributed by atoms with Gasteiger partial charge < -0.3 is 25.8 Å². The van der Waals surface area contributed by atoms with E-state index in [4.69, 9.17) is 10.5 Å². The number of aliphatic imine (C=N–C) groups is 1. The largest absolute Gasteiger partial charge is 0.492 e. The van der Waals surface area contributed by atoms with E-state index < -0.39 is 36.5 Å². The Labute approximate surface area is 129 Å². The van der Waals surface area contributed by atoms with Crippen LogP contribution < -0.4 is 5.73 Å². The summed E-state index contributed by atoms with van der Waals surface area (Å²) in [5.41, 5.74) is 3.94. The number of hydrogen-bond acceptors (Lipinski definition) is 10. The Hall–Kier alpha value is -2.81. The summed E-state index contributed by atoms with van der Waals surface area (Å²) in [6, 6.07) is 1.91. The quantitative estimate of drug-likeness (QED) is 0.492. The van der Waals surface area contributed by atoms with Gasteiger partial charge in [-0.3, -0.25) is 9.56 Å². The van der Waals surface area contributed by atoms with Gasteiger partial charge in [-0.1, -0.05) is 0 Å². The zero-order chi connectivity index (χ0) is 16.8. The first-order valence-corrected chi connectivity index (χ1v) is 6.50. The second-order valence-corrected chi connectivity index (χ2v) is 5.00. The maximum absolute atomic E-state index is 10.3. The molecule has 1 fully saturated rings. The second-order valence-electron chi connectivity index (χ2n) is 5.00. The third-order valence-corrected chi connectivity index (χ3v) is 3.77. The minimum absolute atomic E-state index is 0.0574. The number of aromatic nitrogens is 4. The summed E-state index contributed by atoms with van der Waals surface area (Å²) in [4.78, 5) is 15.1. The van der Waals surface area contributed by atoms with E-state index in [0.29, 0.717) is 0 Å². The fraction of sp³-hybridized carbons (Fsp3) is 0.417. The van der Waals surface area contributed by atoms with E-state index in [2.05, 4.69) is 26.7 Å². The van der Waals surface area contributed by atoms with E-state index in [9.17, 15) is 20.6 Å². The number of ether oxygens (including phenoxy) is 1. The molecule has 0 amide bonds. The maximum Gasteiger partial charge on any atom is 0.244 e. The van der Waals surface area contributed by atoms with E-state index in [0.717, 1.165) is 0 Å². The maximum atomic E-state index is 10.3. The SMILES string of the molecule is C=N[C@]1(CO)O[C@@H](n2cnc3c(O)nc(N)nc32)[C@@H](C#N)[C@@H]1O. The molecule has 0 aliphatic carbocycles. The van der Waals surface area contributed by atoms with Gasteiger partial charge in [0.25, 0.3) is 0 Å². The van der Waals surface area contributed by atoms with E-state index in [1.165, 1.54) is 10.9 Å². The standard InChI is InChI=1S/C12H13N7O4/c1-15-12(3-20)7(21)5(2-13)10(23-12)19-4-16-6-8(19)17-11(14)18-9(6)22/h4-5,7,10,20-21H,1,3H2,(H3,14,17,18,22)/t5-,7-,10+,12+/m0/s1.